The highest BCUT2D eigenvalue weighted by molar-refractivity contribution is 5.26. The Morgan fingerprint density at radius 2 is 1.56 bits per heavy atom. The molecular weight excluding hydrogens is 402 g/mol. The molecule has 1 rings (SSSR count). The van der Waals surface area contributed by atoms with Gasteiger partial charge in [-0.15, -0.1) is 0 Å². The number of azide groups is 1. The molecule has 0 radical (unpaired) electrons. The van der Waals surface area contributed by atoms with Gasteiger partial charge < -0.3 is 14.6 Å². The summed E-state index contributed by atoms with van der Waals surface area (Å²) < 4.78 is 11.1. The summed E-state index contributed by atoms with van der Waals surface area (Å²) in [7, 11) is 1.63. The van der Waals surface area contributed by atoms with Crippen LogP contribution in [-0.4, -0.2) is 31.0 Å². The third-order valence-electron chi connectivity index (χ3n) is 5.67. The summed E-state index contributed by atoms with van der Waals surface area (Å²) in [6.45, 7) is 2.38. The molecule has 0 fully saturated rings. The number of hydrogen-bond acceptors (Lipinski definition) is 4. The van der Waals surface area contributed by atoms with Gasteiger partial charge in [-0.1, -0.05) is 101 Å². The lowest BCUT2D eigenvalue weighted by atomic mass is 10.0. The number of unbranched alkanes of at least 4 members (excludes halogenated alkanes) is 11. The van der Waals surface area contributed by atoms with Gasteiger partial charge in [-0.3, -0.25) is 0 Å². The fraction of sp³-hybridized carbons (Fsp3) is 0.692. The Hall–Kier alpha value is -2.01. The molecule has 6 heteroatoms. The van der Waals surface area contributed by atoms with Gasteiger partial charge in [0.15, 0.2) is 0 Å². The first-order valence-electron chi connectivity index (χ1n) is 12.3. The second-order valence-corrected chi connectivity index (χ2v) is 8.33. The standard InChI is InChI=1S/C26H43N3O3/c1-3-4-5-6-7-8-9-10-11-12-13-14-15-16-26(25(21-30)28-29-27)32-22-23-17-19-24(31-2)20-18-23/h15-20,25-26,30H,3-14,21-22H2,1-2H3/b16-15+/t25-,26-/m1/s1. The van der Waals surface area contributed by atoms with Crippen molar-refractivity contribution in [1.82, 2.24) is 0 Å². The fourth-order valence-electron chi connectivity index (χ4n) is 3.64. The molecular formula is C26H43N3O3. The Bertz CT molecular complexity index is 642. The van der Waals surface area contributed by atoms with Gasteiger partial charge in [-0.25, -0.2) is 0 Å². The van der Waals surface area contributed by atoms with Gasteiger partial charge in [-0.05, 0) is 36.1 Å². The number of nitrogens with zero attached hydrogens (tertiary/aromatic N) is 3. The summed E-state index contributed by atoms with van der Waals surface area (Å²) in [6.07, 6.45) is 19.1. The Kier molecular flexibility index (Phi) is 17.2. The average Bonchev–Trinajstić information content (AvgIpc) is 2.83. The first kappa shape index (κ1) is 28.0. The van der Waals surface area contributed by atoms with E-state index in [1.165, 1.54) is 64.2 Å². The molecule has 1 aromatic rings. The minimum atomic E-state index is -0.633. The number of aliphatic hydroxyl groups is 1. The van der Waals surface area contributed by atoms with Crippen molar-refractivity contribution in [3.63, 3.8) is 0 Å². The SMILES string of the molecule is CCCCCCCCCCCCC/C=C/[C@@H](OCc1ccc(OC)cc1)[C@@H](CO)N=[N+]=[N-]. The van der Waals surface area contributed by atoms with Crippen LogP contribution in [0.3, 0.4) is 0 Å². The van der Waals surface area contributed by atoms with Crippen LogP contribution in [0.1, 0.15) is 89.5 Å². The Morgan fingerprint density at radius 1 is 0.969 bits per heavy atom. The van der Waals surface area contributed by atoms with Crippen molar-refractivity contribution in [2.75, 3.05) is 13.7 Å². The molecule has 0 unspecified atom stereocenters. The lowest BCUT2D eigenvalue weighted by Crippen LogP contribution is -2.28. The van der Waals surface area contributed by atoms with Crippen LogP contribution in [0, 0.1) is 0 Å². The van der Waals surface area contributed by atoms with E-state index in [1.807, 2.05) is 30.3 Å². The molecule has 32 heavy (non-hydrogen) atoms. The van der Waals surface area contributed by atoms with Crippen LogP contribution in [-0.2, 0) is 11.3 Å². The van der Waals surface area contributed by atoms with Crippen LogP contribution in [0.4, 0.5) is 0 Å². The smallest absolute Gasteiger partial charge is 0.118 e. The van der Waals surface area contributed by atoms with E-state index in [0.29, 0.717) is 6.61 Å². The van der Waals surface area contributed by atoms with Crippen molar-refractivity contribution in [3.8, 4) is 5.75 Å². The maximum atomic E-state index is 9.60. The van der Waals surface area contributed by atoms with Crippen molar-refractivity contribution in [2.45, 2.75) is 103 Å². The van der Waals surface area contributed by atoms with Gasteiger partial charge in [0, 0.05) is 4.91 Å². The molecule has 1 N–H and O–H groups in total. The zero-order valence-electron chi connectivity index (χ0n) is 20.1. The largest absolute Gasteiger partial charge is 0.497 e. The van der Waals surface area contributed by atoms with Gasteiger partial charge in [-0.2, -0.15) is 0 Å². The van der Waals surface area contributed by atoms with Crippen LogP contribution in [0.2, 0.25) is 0 Å². The topological polar surface area (TPSA) is 87.5 Å². The number of aliphatic hydroxyl groups excluding tert-OH is 1. The molecule has 0 aliphatic rings. The number of allylic oxidation sites excluding steroid dienone is 1. The van der Waals surface area contributed by atoms with Crippen molar-refractivity contribution < 1.29 is 14.6 Å². The molecule has 6 nitrogen and oxygen atoms in total. The van der Waals surface area contributed by atoms with E-state index in [4.69, 9.17) is 15.0 Å². The maximum absolute atomic E-state index is 9.60. The second kappa shape index (κ2) is 19.7. The van der Waals surface area contributed by atoms with E-state index in [2.05, 4.69) is 23.0 Å². The van der Waals surface area contributed by atoms with Gasteiger partial charge in [0.1, 0.15) is 5.75 Å². The Morgan fingerprint density at radius 3 is 2.09 bits per heavy atom. The van der Waals surface area contributed by atoms with E-state index >= 15 is 0 Å². The monoisotopic (exact) mass is 445 g/mol. The highest BCUT2D eigenvalue weighted by atomic mass is 16.5. The molecule has 0 aliphatic heterocycles. The van der Waals surface area contributed by atoms with Gasteiger partial charge in [0.05, 0.1) is 32.5 Å². The summed E-state index contributed by atoms with van der Waals surface area (Å²) in [5.41, 5.74) is 9.79. The van der Waals surface area contributed by atoms with Crippen molar-refractivity contribution in [1.29, 1.82) is 0 Å². The zero-order chi connectivity index (χ0) is 23.3. The number of ether oxygens (including phenoxy) is 2. The van der Waals surface area contributed by atoms with Gasteiger partial charge >= 0.3 is 0 Å². The predicted molar refractivity (Wildman–Crippen MR) is 132 cm³/mol. The summed E-state index contributed by atoms with van der Waals surface area (Å²) in [6, 6.07) is 7.00. The fourth-order valence-corrected chi connectivity index (χ4v) is 3.64. The Balaban J connectivity index is 2.30. The van der Waals surface area contributed by atoms with Crippen LogP contribution < -0.4 is 4.74 Å². The number of methoxy groups -OCH3 is 1. The lowest BCUT2D eigenvalue weighted by Gasteiger charge is -2.19. The van der Waals surface area contributed by atoms with Crippen LogP contribution in [0.15, 0.2) is 41.5 Å². The predicted octanol–water partition coefficient (Wildman–Crippen LogP) is 7.51. The zero-order valence-corrected chi connectivity index (χ0v) is 20.1. The maximum Gasteiger partial charge on any atom is 0.118 e. The first-order valence-corrected chi connectivity index (χ1v) is 12.3. The van der Waals surface area contributed by atoms with Crippen molar-refractivity contribution in [2.24, 2.45) is 5.11 Å². The number of rotatable bonds is 20. The molecule has 0 aromatic heterocycles. The normalized spacial score (nSPS) is 13.1. The molecule has 1 aromatic carbocycles. The van der Waals surface area contributed by atoms with Gasteiger partial charge in [0.25, 0.3) is 0 Å². The van der Waals surface area contributed by atoms with E-state index < -0.39 is 12.1 Å². The molecule has 0 heterocycles. The third-order valence-corrected chi connectivity index (χ3v) is 5.67. The van der Waals surface area contributed by atoms with E-state index in [1.54, 1.807) is 7.11 Å². The Labute approximate surface area is 194 Å². The molecule has 0 aliphatic carbocycles. The average molecular weight is 446 g/mol. The summed E-state index contributed by atoms with van der Waals surface area (Å²) in [5.74, 6) is 0.791. The van der Waals surface area contributed by atoms with E-state index in [-0.39, 0.29) is 6.61 Å². The first-order chi connectivity index (χ1) is 15.7. The number of benzene rings is 1. The summed E-state index contributed by atoms with van der Waals surface area (Å²) in [5, 5.41) is 13.3. The van der Waals surface area contributed by atoms with E-state index in [9.17, 15) is 5.11 Å². The summed E-state index contributed by atoms with van der Waals surface area (Å²) in [4.78, 5) is 2.85. The number of hydrogen-bond donors (Lipinski definition) is 1. The highest BCUT2D eigenvalue weighted by Crippen LogP contribution is 2.16. The minimum Gasteiger partial charge on any atom is -0.497 e. The molecule has 0 saturated carbocycles. The van der Waals surface area contributed by atoms with E-state index in [0.717, 1.165) is 24.2 Å². The lowest BCUT2D eigenvalue weighted by molar-refractivity contribution is 0.0403. The van der Waals surface area contributed by atoms with Crippen LogP contribution >= 0.6 is 0 Å². The second-order valence-electron chi connectivity index (χ2n) is 8.33. The van der Waals surface area contributed by atoms with Crippen molar-refractivity contribution in [3.05, 3.63) is 52.4 Å². The minimum absolute atomic E-state index is 0.250. The van der Waals surface area contributed by atoms with Crippen LogP contribution in [0.25, 0.3) is 10.4 Å². The molecule has 0 spiro atoms. The third kappa shape index (κ3) is 13.4. The van der Waals surface area contributed by atoms with Gasteiger partial charge in [0.2, 0.25) is 0 Å². The molecule has 180 valence electrons. The molecule has 0 bridgehead atoms. The quantitative estimate of drug-likeness (QED) is 0.0740. The molecule has 0 saturated heterocycles. The van der Waals surface area contributed by atoms with Crippen LogP contribution in [0.5, 0.6) is 5.75 Å². The molecule has 2 atom stereocenters. The molecule has 0 amide bonds. The highest BCUT2D eigenvalue weighted by Gasteiger charge is 2.18. The summed E-state index contributed by atoms with van der Waals surface area (Å²) >= 11 is 0. The van der Waals surface area contributed by atoms with Crippen molar-refractivity contribution >= 4 is 0 Å².